The van der Waals surface area contributed by atoms with E-state index in [0.717, 1.165) is 0 Å². The van der Waals surface area contributed by atoms with Crippen LogP contribution in [0.15, 0.2) is 48.5 Å². The first kappa shape index (κ1) is 11.8. The molecule has 0 aromatic heterocycles. The number of benzene rings is 2. The molecule has 89 valence electrons. The Balaban J connectivity index is 2.12. The van der Waals surface area contributed by atoms with Crippen LogP contribution in [0.2, 0.25) is 0 Å². The molecule has 0 aliphatic carbocycles. The van der Waals surface area contributed by atoms with Gasteiger partial charge in [-0.1, -0.05) is 12.1 Å². The minimum Gasteiger partial charge on any atom is -0.423 e. The van der Waals surface area contributed by atoms with E-state index in [0.29, 0.717) is 5.75 Å². The minimum absolute atomic E-state index is 0.0686. The van der Waals surface area contributed by atoms with E-state index >= 15 is 0 Å². The summed E-state index contributed by atoms with van der Waals surface area (Å²) in [4.78, 5) is 21.6. The van der Waals surface area contributed by atoms with E-state index in [1.807, 2.05) is 0 Å². The monoisotopic (exact) mass is 242 g/mol. The van der Waals surface area contributed by atoms with E-state index in [2.05, 4.69) is 6.07 Å². The zero-order chi connectivity index (χ0) is 13.0. The first-order valence-corrected chi connectivity index (χ1v) is 5.09. The van der Waals surface area contributed by atoms with Gasteiger partial charge in [-0.25, -0.2) is 4.79 Å². The number of esters is 1. The molecule has 0 atom stereocenters. The van der Waals surface area contributed by atoms with Gasteiger partial charge in [0, 0.05) is 12.1 Å². The fourth-order valence-corrected chi connectivity index (χ4v) is 1.32. The Kier molecular flexibility index (Phi) is 3.33. The standard InChI is InChI=1S/C13H8NO4/c15-13(18-12-4-2-1-3-5-12)10-6-8-11(9-7-10)14(16)17/h2-9H. The van der Waals surface area contributed by atoms with Crippen LogP contribution >= 0.6 is 0 Å². The molecule has 0 saturated heterocycles. The number of nitrogens with zero attached hydrogens (tertiary/aromatic N) is 1. The molecule has 5 nitrogen and oxygen atoms in total. The average molecular weight is 242 g/mol. The van der Waals surface area contributed by atoms with Gasteiger partial charge in [0.2, 0.25) is 0 Å². The van der Waals surface area contributed by atoms with Crippen molar-refractivity contribution >= 4 is 11.7 Å². The normalized spacial score (nSPS) is 9.78. The maximum atomic E-state index is 11.7. The second-order valence-electron chi connectivity index (χ2n) is 3.43. The Hall–Kier alpha value is -2.69. The number of ether oxygens (including phenoxy) is 1. The zero-order valence-corrected chi connectivity index (χ0v) is 9.20. The molecule has 0 aliphatic heterocycles. The Morgan fingerprint density at radius 3 is 2.28 bits per heavy atom. The molecule has 2 aromatic rings. The Bertz CT molecular complexity index is 563. The summed E-state index contributed by atoms with van der Waals surface area (Å²) in [6.45, 7) is 0. The number of non-ortho nitro benzene ring substituents is 1. The van der Waals surface area contributed by atoms with E-state index in [1.165, 1.54) is 24.3 Å². The average Bonchev–Trinajstić information content (AvgIpc) is 2.40. The highest BCUT2D eigenvalue weighted by Gasteiger charge is 2.11. The van der Waals surface area contributed by atoms with Crippen LogP contribution in [0.3, 0.4) is 0 Å². The van der Waals surface area contributed by atoms with Crippen molar-refractivity contribution in [3.63, 3.8) is 0 Å². The third kappa shape index (κ3) is 2.70. The van der Waals surface area contributed by atoms with Crippen LogP contribution in [-0.2, 0) is 0 Å². The van der Waals surface area contributed by atoms with E-state index in [-0.39, 0.29) is 11.3 Å². The molecule has 0 heterocycles. The summed E-state index contributed by atoms with van der Waals surface area (Å²) in [6.07, 6.45) is 0. The van der Waals surface area contributed by atoms with E-state index in [4.69, 9.17) is 4.74 Å². The molecule has 2 aromatic carbocycles. The van der Waals surface area contributed by atoms with Gasteiger partial charge < -0.3 is 4.74 Å². The number of nitro groups is 1. The minimum atomic E-state index is -0.559. The highest BCUT2D eigenvalue weighted by molar-refractivity contribution is 5.91. The smallest absolute Gasteiger partial charge is 0.343 e. The molecular weight excluding hydrogens is 234 g/mol. The van der Waals surface area contributed by atoms with E-state index in [9.17, 15) is 14.9 Å². The summed E-state index contributed by atoms with van der Waals surface area (Å²) in [6, 6.07) is 14.5. The lowest BCUT2D eigenvalue weighted by molar-refractivity contribution is -0.384. The molecule has 0 spiro atoms. The summed E-state index contributed by atoms with van der Waals surface area (Å²) in [5.41, 5.74) is 0.189. The van der Waals surface area contributed by atoms with Gasteiger partial charge in [-0.2, -0.15) is 0 Å². The molecule has 0 N–H and O–H groups in total. The largest absolute Gasteiger partial charge is 0.423 e. The number of hydrogen-bond acceptors (Lipinski definition) is 4. The molecular formula is C13H8NO4. The Labute approximate surface area is 103 Å². The zero-order valence-electron chi connectivity index (χ0n) is 9.20. The van der Waals surface area contributed by atoms with Crippen molar-refractivity contribution in [1.29, 1.82) is 0 Å². The van der Waals surface area contributed by atoms with Crippen molar-refractivity contribution in [2.75, 3.05) is 0 Å². The summed E-state index contributed by atoms with van der Waals surface area (Å²) < 4.78 is 5.07. The molecule has 2 rings (SSSR count). The van der Waals surface area contributed by atoms with Gasteiger partial charge in [-0.05, 0) is 30.3 Å². The fourth-order valence-electron chi connectivity index (χ4n) is 1.32. The van der Waals surface area contributed by atoms with Crippen LogP contribution in [0.4, 0.5) is 5.69 Å². The number of nitro benzene ring substituents is 1. The highest BCUT2D eigenvalue weighted by atomic mass is 16.6. The molecule has 18 heavy (non-hydrogen) atoms. The molecule has 1 radical (unpaired) electrons. The molecule has 0 saturated carbocycles. The number of carbonyl (C=O) groups is 1. The second kappa shape index (κ2) is 5.09. The predicted octanol–water partition coefficient (Wildman–Crippen LogP) is 2.61. The van der Waals surface area contributed by atoms with Gasteiger partial charge in [0.25, 0.3) is 5.69 Å². The molecule has 0 amide bonds. The molecule has 5 heteroatoms. The van der Waals surface area contributed by atoms with Crippen LogP contribution in [-0.4, -0.2) is 10.9 Å². The molecule has 0 aliphatic rings. The van der Waals surface area contributed by atoms with Crippen LogP contribution in [0.1, 0.15) is 10.4 Å². The van der Waals surface area contributed by atoms with E-state index < -0.39 is 10.9 Å². The summed E-state index contributed by atoms with van der Waals surface area (Å²) in [5, 5.41) is 10.5. The van der Waals surface area contributed by atoms with Gasteiger partial charge >= 0.3 is 5.97 Å². The predicted molar refractivity (Wildman–Crippen MR) is 63.3 cm³/mol. The van der Waals surface area contributed by atoms with Gasteiger partial charge in [-0.15, -0.1) is 0 Å². The van der Waals surface area contributed by atoms with Gasteiger partial charge in [0.1, 0.15) is 5.75 Å². The lowest BCUT2D eigenvalue weighted by atomic mass is 10.2. The van der Waals surface area contributed by atoms with Crippen LogP contribution in [0.25, 0.3) is 0 Å². The fraction of sp³-hybridized carbons (Fsp3) is 0. The van der Waals surface area contributed by atoms with Gasteiger partial charge in [0.05, 0.1) is 10.5 Å². The van der Waals surface area contributed by atoms with Gasteiger partial charge in [0.15, 0.2) is 0 Å². The van der Waals surface area contributed by atoms with Crippen molar-refractivity contribution in [2.45, 2.75) is 0 Å². The lowest BCUT2D eigenvalue weighted by Crippen LogP contribution is -2.08. The summed E-state index contributed by atoms with van der Waals surface area (Å²) in [7, 11) is 0. The van der Waals surface area contributed by atoms with Gasteiger partial charge in [-0.3, -0.25) is 10.1 Å². The third-order valence-corrected chi connectivity index (χ3v) is 2.21. The Morgan fingerprint density at radius 1 is 1.11 bits per heavy atom. The van der Waals surface area contributed by atoms with Crippen LogP contribution in [0, 0.1) is 16.2 Å². The highest BCUT2D eigenvalue weighted by Crippen LogP contribution is 2.15. The first-order valence-electron chi connectivity index (χ1n) is 5.09. The third-order valence-electron chi connectivity index (χ3n) is 2.21. The molecule has 0 bridgehead atoms. The SMILES string of the molecule is O=C(Oc1cc[c]cc1)c1ccc([N+](=O)[O-])cc1. The Morgan fingerprint density at radius 2 is 1.72 bits per heavy atom. The van der Waals surface area contributed by atoms with Crippen molar-refractivity contribution in [3.8, 4) is 5.75 Å². The lowest BCUT2D eigenvalue weighted by Gasteiger charge is -2.03. The molecule has 0 fully saturated rings. The first-order chi connectivity index (χ1) is 8.66. The van der Waals surface area contributed by atoms with Crippen molar-refractivity contribution in [2.24, 2.45) is 0 Å². The summed E-state index contributed by atoms with van der Waals surface area (Å²) >= 11 is 0. The molecule has 0 unspecified atom stereocenters. The van der Waals surface area contributed by atoms with Crippen LogP contribution in [0.5, 0.6) is 5.75 Å². The van der Waals surface area contributed by atoms with Crippen molar-refractivity contribution < 1.29 is 14.5 Å². The van der Waals surface area contributed by atoms with Crippen LogP contribution < -0.4 is 4.74 Å². The number of carbonyl (C=O) groups excluding carboxylic acids is 1. The second-order valence-corrected chi connectivity index (χ2v) is 3.43. The summed E-state index contributed by atoms with van der Waals surface area (Å²) in [5.74, 6) is -0.159. The topological polar surface area (TPSA) is 69.4 Å². The van der Waals surface area contributed by atoms with E-state index in [1.54, 1.807) is 24.3 Å². The number of hydrogen-bond donors (Lipinski definition) is 0. The quantitative estimate of drug-likeness (QED) is 0.359. The van der Waals surface area contributed by atoms with Crippen molar-refractivity contribution in [3.05, 3.63) is 70.3 Å². The number of rotatable bonds is 3. The van der Waals surface area contributed by atoms with Crippen molar-refractivity contribution in [1.82, 2.24) is 0 Å². The maximum absolute atomic E-state index is 11.7. The maximum Gasteiger partial charge on any atom is 0.343 e.